The van der Waals surface area contributed by atoms with Gasteiger partial charge in [0.05, 0.1) is 13.1 Å². The zero-order chi connectivity index (χ0) is 12.6. The molecule has 1 radical (unpaired) electrons. The van der Waals surface area contributed by atoms with Gasteiger partial charge in [0, 0.05) is 12.2 Å². The summed E-state index contributed by atoms with van der Waals surface area (Å²) < 4.78 is 0. The summed E-state index contributed by atoms with van der Waals surface area (Å²) in [5.74, 6) is 0. The zero-order valence-electron chi connectivity index (χ0n) is 9.50. The average Bonchev–Trinajstić information content (AvgIpc) is 2.29. The molecule has 89 valence electrons. The SMILES string of the molecule is C=CCN(CC=C)[N+](C(O)C=C)C(O)C=C. The Hall–Kier alpha value is -1.20. The Morgan fingerprint density at radius 1 is 0.938 bits per heavy atom. The maximum atomic E-state index is 9.73. The van der Waals surface area contributed by atoms with Crippen LogP contribution in [0.15, 0.2) is 50.6 Å². The van der Waals surface area contributed by atoms with E-state index in [4.69, 9.17) is 0 Å². The normalized spacial score (nSPS) is 14.5. The molecule has 0 heterocycles. The van der Waals surface area contributed by atoms with Crippen molar-refractivity contribution < 1.29 is 10.2 Å². The van der Waals surface area contributed by atoms with Crippen LogP contribution in [0.3, 0.4) is 0 Å². The van der Waals surface area contributed by atoms with E-state index in [1.807, 2.05) is 0 Å². The minimum Gasteiger partial charge on any atom is -0.336 e. The smallest absolute Gasteiger partial charge is 0.277 e. The second kappa shape index (κ2) is 8.01. The van der Waals surface area contributed by atoms with Crippen LogP contribution in [0.25, 0.3) is 0 Å². The van der Waals surface area contributed by atoms with Crippen molar-refractivity contribution in [2.45, 2.75) is 12.5 Å². The summed E-state index contributed by atoms with van der Waals surface area (Å²) in [4.78, 5) is 0. The van der Waals surface area contributed by atoms with E-state index in [9.17, 15) is 10.2 Å². The summed E-state index contributed by atoms with van der Waals surface area (Å²) in [6.45, 7) is 15.2. The third-order valence-corrected chi connectivity index (χ3v) is 1.97. The molecule has 2 atom stereocenters. The molecule has 2 N–H and O–H groups in total. The summed E-state index contributed by atoms with van der Waals surface area (Å²) in [5, 5.41) is 22.5. The molecule has 0 aromatic rings. The van der Waals surface area contributed by atoms with Gasteiger partial charge >= 0.3 is 0 Å². The molecule has 0 spiro atoms. The third-order valence-electron chi connectivity index (χ3n) is 1.97. The standard InChI is InChI=1S/C12H20N2O2/c1-5-9-13(10-6-2)14(11(15)7-3)12(16)8-4/h5-8,11-12,15-16H,1-4,9-10H2/q+1. The van der Waals surface area contributed by atoms with Crippen molar-refractivity contribution in [2.24, 2.45) is 0 Å². The Kier molecular flexibility index (Phi) is 7.41. The molecule has 2 unspecified atom stereocenters. The monoisotopic (exact) mass is 224 g/mol. The van der Waals surface area contributed by atoms with Gasteiger partial charge in [-0.25, -0.2) is 0 Å². The van der Waals surface area contributed by atoms with Gasteiger partial charge in [0.2, 0.25) is 0 Å². The van der Waals surface area contributed by atoms with Crippen molar-refractivity contribution in [1.29, 1.82) is 0 Å². The Balaban J connectivity index is 4.91. The van der Waals surface area contributed by atoms with Gasteiger partial charge in [0.15, 0.2) is 0 Å². The molecule has 0 saturated carbocycles. The van der Waals surface area contributed by atoms with E-state index in [0.29, 0.717) is 13.1 Å². The molecular formula is C12H20N2O2+. The van der Waals surface area contributed by atoms with Gasteiger partial charge in [-0.15, -0.1) is 13.2 Å². The predicted octanol–water partition coefficient (Wildman–Crippen LogP) is 0.724. The predicted molar refractivity (Wildman–Crippen MR) is 66.5 cm³/mol. The maximum absolute atomic E-state index is 9.73. The van der Waals surface area contributed by atoms with Gasteiger partial charge in [0.25, 0.3) is 12.5 Å². The van der Waals surface area contributed by atoms with Crippen LogP contribution in [0.1, 0.15) is 0 Å². The topological polar surface area (TPSA) is 49.6 Å². The van der Waals surface area contributed by atoms with E-state index in [0.717, 1.165) is 0 Å². The lowest BCUT2D eigenvalue weighted by Gasteiger charge is -2.26. The Labute approximate surface area is 97.1 Å². The Morgan fingerprint density at radius 2 is 1.31 bits per heavy atom. The van der Waals surface area contributed by atoms with Crippen LogP contribution in [0.4, 0.5) is 0 Å². The van der Waals surface area contributed by atoms with E-state index in [-0.39, 0.29) is 0 Å². The fraction of sp³-hybridized carbons (Fsp3) is 0.333. The van der Waals surface area contributed by atoms with Gasteiger partial charge in [-0.2, -0.15) is 0 Å². The molecule has 0 aliphatic rings. The van der Waals surface area contributed by atoms with Gasteiger partial charge in [-0.05, 0) is 5.01 Å². The van der Waals surface area contributed by atoms with Crippen LogP contribution in [0.5, 0.6) is 0 Å². The molecule has 0 aromatic heterocycles. The number of hydrazine groups is 1. The third kappa shape index (κ3) is 4.12. The van der Waals surface area contributed by atoms with E-state index in [2.05, 4.69) is 26.3 Å². The number of aliphatic hydroxyl groups is 2. The molecule has 4 heteroatoms. The lowest BCUT2D eigenvalue weighted by atomic mass is 10.4. The fourth-order valence-corrected chi connectivity index (χ4v) is 1.27. The fourth-order valence-electron chi connectivity index (χ4n) is 1.27. The van der Waals surface area contributed by atoms with Gasteiger partial charge in [0.1, 0.15) is 0 Å². The van der Waals surface area contributed by atoms with Crippen molar-refractivity contribution in [2.75, 3.05) is 13.1 Å². The summed E-state index contributed by atoms with van der Waals surface area (Å²) in [6.07, 6.45) is 4.00. The van der Waals surface area contributed by atoms with E-state index in [1.54, 1.807) is 17.2 Å². The first-order valence-electron chi connectivity index (χ1n) is 4.98. The molecule has 4 nitrogen and oxygen atoms in total. The van der Waals surface area contributed by atoms with Crippen LogP contribution in [0.2, 0.25) is 0 Å². The first-order valence-corrected chi connectivity index (χ1v) is 4.98. The molecule has 0 fully saturated rings. The number of nitrogens with zero attached hydrogens (tertiary/aromatic N) is 2. The highest BCUT2D eigenvalue weighted by Gasteiger charge is 2.36. The first kappa shape index (κ1) is 14.8. The van der Waals surface area contributed by atoms with Crippen molar-refractivity contribution in [3.63, 3.8) is 0 Å². The van der Waals surface area contributed by atoms with Crippen LogP contribution in [-0.4, -0.2) is 40.8 Å². The zero-order valence-corrected chi connectivity index (χ0v) is 9.50. The lowest BCUT2D eigenvalue weighted by molar-refractivity contribution is -0.0981. The maximum Gasteiger partial charge on any atom is 0.277 e. The molecule has 0 aliphatic carbocycles. The highest BCUT2D eigenvalue weighted by molar-refractivity contribution is 4.92. The number of hydrogen-bond donors (Lipinski definition) is 2. The number of aliphatic hydroxyl groups excluding tert-OH is 2. The quantitative estimate of drug-likeness (QED) is 0.263. The number of hydrogen-bond acceptors (Lipinski definition) is 4. The van der Waals surface area contributed by atoms with Crippen molar-refractivity contribution in [1.82, 2.24) is 10.0 Å². The van der Waals surface area contributed by atoms with E-state index < -0.39 is 12.5 Å². The largest absolute Gasteiger partial charge is 0.336 e. The van der Waals surface area contributed by atoms with E-state index >= 15 is 0 Å². The molecule has 0 rings (SSSR count). The van der Waals surface area contributed by atoms with Crippen molar-refractivity contribution >= 4 is 0 Å². The number of rotatable bonds is 9. The Morgan fingerprint density at radius 3 is 1.56 bits per heavy atom. The molecule has 0 saturated heterocycles. The van der Waals surface area contributed by atoms with E-state index in [1.165, 1.54) is 17.2 Å². The highest BCUT2D eigenvalue weighted by Crippen LogP contribution is 2.06. The summed E-state index contributed by atoms with van der Waals surface area (Å²) in [6, 6.07) is 0. The molecule has 0 bridgehead atoms. The summed E-state index contributed by atoms with van der Waals surface area (Å²) in [5.41, 5.74) is 0. The van der Waals surface area contributed by atoms with Crippen LogP contribution in [-0.2, 0) is 0 Å². The average molecular weight is 224 g/mol. The first-order chi connectivity index (χ1) is 7.62. The van der Waals surface area contributed by atoms with Crippen molar-refractivity contribution in [3.8, 4) is 0 Å². The lowest BCUT2D eigenvalue weighted by Crippen LogP contribution is -2.58. The Bertz CT molecular complexity index is 229. The molecule has 0 aromatic carbocycles. The highest BCUT2D eigenvalue weighted by atomic mass is 16.3. The molecular weight excluding hydrogens is 204 g/mol. The second-order valence-electron chi connectivity index (χ2n) is 3.13. The minimum absolute atomic E-state index is 0.474. The van der Waals surface area contributed by atoms with Crippen LogP contribution >= 0.6 is 0 Å². The second-order valence-corrected chi connectivity index (χ2v) is 3.13. The van der Waals surface area contributed by atoms with Gasteiger partial charge in [-0.3, -0.25) is 0 Å². The van der Waals surface area contributed by atoms with Crippen LogP contribution < -0.4 is 5.01 Å². The molecule has 0 amide bonds. The van der Waals surface area contributed by atoms with Crippen molar-refractivity contribution in [3.05, 3.63) is 50.6 Å². The molecule has 16 heavy (non-hydrogen) atoms. The summed E-state index contributed by atoms with van der Waals surface area (Å²) >= 11 is 0. The van der Waals surface area contributed by atoms with Crippen LogP contribution in [0, 0.1) is 0 Å². The molecule has 0 aliphatic heterocycles. The minimum atomic E-state index is -0.993. The summed E-state index contributed by atoms with van der Waals surface area (Å²) in [7, 11) is 0. The van der Waals surface area contributed by atoms with Gasteiger partial charge < -0.3 is 10.2 Å². The van der Waals surface area contributed by atoms with Gasteiger partial charge in [-0.1, -0.05) is 30.3 Å².